The Kier molecular flexibility index (Phi) is 3.17. The molecule has 1 heterocycles. The highest BCUT2D eigenvalue weighted by Gasteiger charge is 2.25. The minimum atomic E-state index is -0.330. The van der Waals surface area contributed by atoms with Crippen LogP contribution >= 0.6 is 0 Å². The minimum Gasteiger partial charge on any atom is -0.390 e. The molecule has 4 nitrogen and oxygen atoms in total. The zero-order valence-corrected chi connectivity index (χ0v) is 8.69. The van der Waals surface area contributed by atoms with Gasteiger partial charge in [-0.25, -0.2) is 4.39 Å². The van der Waals surface area contributed by atoms with Crippen molar-refractivity contribution >= 4 is 11.6 Å². The Morgan fingerprint density at radius 1 is 1.44 bits per heavy atom. The molecule has 0 spiro atoms. The second-order valence-corrected chi connectivity index (χ2v) is 3.90. The number of amides is 1. The van der Waals surface area contributed by atoms with Gasteiger partial charge >= 0.3 is 0 Å². The molecule has 0 aromatic heterocycles. The van der Waals surface area contributed by atoms with Gasteiger partial charge in [0.05, 0.1) is 12.6 Å². The van der Waals surface area contributed by atoms with E-state index in [4.69, 9.17) is 5.11 Å². The van der Waals surface area contributed by atoms with Crippen LogP contribution < -0.4 is 5.32 Å². The topological polar surface area (TPSA) is 52.6 Å². The van der Waals surface area contributed by atoms with E-state index >= 15 is 0 Å². The van der Waals surface area contributed by atoms with E-state index in [0.717, 1.165) is 0 Å². The summed E-state index contributed by atoms with van der Waals surface area (Å²) in [5, 5.41) is 11.7. The number of benzene rings is 1. The monoisotopic (exact) mass is 224 g/mol. The second-order valence-electron chi connectivity index (χ2n) is 3.90. The maximum Gasteiger partial charge on any atom is 0.238 e. The van der Waals surface area contributed by atoms with Gasteiger partial charge in [-0.15, -0.1) is 0 Å². The van der Waals surface area contributed by atoms with Gasteiger partial charge in [0.15, 0.2) is 0 Å². The number of carbonyl (C=O) groups excluding carboxylic acids is 1. The summed E-state index contributed by atoms with van der Waals surface area (Å²) in [4.78, 5) is 13.3. The van der Waals surface area contributed by atoms with Crippen molar-refractivity contribution in [3.05, 3.63) is 30.1 Å². The van der Waals surface area contributed by atoms with Crippen molar-refractivity contribution in [1.29, 1.82) is 0 Å². The third-order valence-corrected chi connectivity index (χ3v) is 2.43. The van der Waals surface area contributed by atoms with E-state index in [1.807, 2.05) is 4.90 Å². The van der Waals surface area contributed by atoms with Crippen molar-refractivity contribution in [1.82, 2.24) is 4.90 Å². The van der Waals surface area contributed by atoms with Crippen LogP contribution in [0.4, 0.5) is 10.1 Å². The molecule has 0 aliphatic carbocycles. The molecule has 1 amide bonds. The lowest BCUT2D eigenvalue weighted by Gasteiger charge is -2.34. The largest absolute Gasteiger partial charge is 0.390 e. The fourth-order valence-corrected chi connectivity index (χ4v) is 1.61. The van der Waals surface area contributed by atoms with Crippen LogP contribution in [-0.4, -0.2) is 41.7 Å². The molecule has 1 aliphatic heterocycles. The van der Waals surface area contributed by atoms with Gasteiger partial charge in [-0.3, -0.25) is 9.69 Å². The van der Waals surface area contributed by atoms with E-state index in [1.54, 1.807) is 0 Å². The summed E-state index contributed by atoms with van der Waals surface area (Å²) in [5.74, 6) is -0.484. The highest BCUT2D eigenvalue weighted by atomic mass is 19.1. The zero-order valence-electron chi connectivity index (χ0n) is 8.69. The molecule has 5 heteroatoms. The number of nitrogens with zero attached hydrogens (tertiary/aromatic N) is 1. The Morgan fingerprint density at radius 2 is 2.06 bits per heavy atom. The number of rotatable bonds is 3. The summed E-state index contributed by atoms with van der Waals surface area (Å²) >= 11 is 0. The fourth-order valence-electron chi connectivity index (χ4n) is 1.61. The van der Waals surface area contributed by atoms with Gasteiger partial charge in [0.25, 0.3) is 0 Å². The molecule has 1 aliphatic rings. The van der Waals surface area contributed by atoms with Gasteiger partial charge in [-0.05, 0) is 24.3 Å². The third-order valence-electron chi connectivity index (χ3n) is 2.43. The lowest BCUT2D eigenvalue weighted by atomic mass is 10.2. The molecule has 1 saturated heterocycles. The summed E-state index contributed by atoms with van der Waals surface area (Å²) in [7, 11) is 0. The maximum atomic E-state index is 12.6. The number of carbonyl (C=O) groups is 1. The van der Waals surface area contributed by atoms with Crippen molar-refractivity contribution in [3.63, 3.8) is 0 Å². The van der Waals surface area contributed by atoms with Crippen molar-refractivity contribution in [2.24, 2.45) is 0 Å². The lowest BCUT2D eigenvalue weighted by molar-refractivity contribution is -0.119. The first kappa shape index (κ1) is 11.0. The van der Waals surface area contributed by atoms with E-state index in [1.165, 1.54) is 24.3 Å². The molecule has 2 N–H and O–H groups in total. The molecule has 16 heavy (non-hydrogen) atoms. The van der Waals surface area contributed by atoms with Crippen molar-refractivity contribution in [2.75, 3.05) is 25.0 Å². The van der Waals surface area contributed by atoms with Gasteiger partial charge < -0.3 is 10.4 Å². The van der Waals surface area contributed by atoms with Crippen LogP contribution in [0.1, 0.15) is 0 Å². The van der Waals surface area contributed by atoms with E-state index in [-0.39, 0.29) is 24.4 Å². The molecule has 0 bridgehead atoms. The molecule has 1 fully saturated rings. The number of halogens is 1. The van der Waals surface area contributed by atoms with E-state index in [2.05, 4.69) is 5.32 Å². The molecule has 0 atom stereocenters. The molecule has 0 radical (unpaired) electrons. The van der Waals surface area contributed by atoms with Gasteiger partial charge in [-0.2, -0.15) is 0 Å². The summed E-state index contributed by atoms with van der Waals surface area (Å²) in [5.41, 5.74) is 0.576. The van der Waals surface area contributed by atoms with Gasteiger partial charge in [0.1, 0.15) is 5.82 Å². The third kappa shape index (κ3) is 2.77. The van der Waals surface area contributed by atoms with Crippen LogP contribution in [0.25, 0.3) is 0 Å². The number of β-amino-alcohol motifs (C(OH)–C–C–N with tert-alkyl or cyclic N) is 1. The van der Waals surface area contributed by atoms with Crippen molar-refractivity contribution in [3.8, 4) is 0 Å². The highest BCUT2D eigenvalue weighted by molar-refractivity contribution is 5.92. The zero-order chi connectivity index (χ0) is 11.5. The van der Waals surface area contributed by atoms with Gasteiger partial charge in [0, 0.05) is 18.8 Å². The molecule has 2 rings (SSSR count). The maximum absolute atomic E-state index is 12.6. The lowest BCUT2D eigenvalue weighted by Crippen LogP contribution is -2.53. The fraction of sp³-hybridized carbons (Fsp3) is 0.364. The predicted molar refractivity (Wildman–Crippen MR) is 57.5 cm³/mol. The molecule has 86 valence electrons. The second kappa shape index (κ2) is 4.59. The molecule has 1 aromatic carbocycles. The van der Waals surface area contributed by atoms with Crippen molar-refractivity contribution < 1.29 is 14.3 Å². The first-order valence-electron chi connectivity index (χ1n) is 5.09. The quantitative estimate of drug-likeness (QED) is 0.783. The SMILES string of the molecule is O=C(CN1CC(O)C1)Nc1ccc(F)cc1. The molecule has 0 unspecified atom stereocenters. The number of hydrogen-bond donors (Lipinski definition) is 2. The molecule has 1 aromatic rings. The molecular formula is C11H13FN2O2. The normalized spacial score (nSPS) is 16.9. The number of likely N-dealkylation sites (tertiary alicyclic amines) is 1. The molecule has 0 saturated carbocycles. The number of hydrogen-bond acceptors (Lipinski definition) is 3. The number of aliphatic hydroxyl groups excluding tert-OH is 1. The first-order chi connectivity index (χ1) is 7.63. The van der Waals surface area contributed by atoms with Crippen LogP contribution in [0.5, 0.6) is 0 Å². The van der Waals surface area contributed by atoms with E-state index < -0.39 is 0 Å². The summed E-state index contributed by atoms with van der Waals surface area (Å²) < 4.78 is 12.6. The highest BCUT2D eigenvalue weighted by Crippen LogP contribution is 2.10. The predicted octanol–water partition coefficient (Wildman–Crippen LogP) is 0.441. The average molecular weight is 224 g/mol. The number of aliphatic hydroxyl groups is 1. The Hall–Kier alpha value is -1.46. The number of nitrogens with one attached hydrogen (secondary N) is 1. The molecular weight excluding hydrogens is 211 g/mol. The van der Waals surface area contributed by atoms with Gasteiger partial charge in [0.2, 0.25) is 5.91 Å². The Bertz CT molecular complexity index is 374. The standard InChI is InChI=1S/C11H13FN2O2/c12-8-1-3-9(4-2-8)13-11(16)7-14-5-10(15)6-14/h1-4,10,15H,5-7H2,(H,13,16). The Labute approximate surface area is 92.7 Å². The van der Waals surface area contributed by atoms with Crippen LogP contribution in [-0.2, 0) is 4.79 Å². The summed E-state index contributed by atoms with van der Waals surface area (Å²) in [6.45, 7) is 1.34. The Balaban J connectivity index is 1.80. The summed E-state index contributed by atoms with van der Waals surface area (Å²) in [6.07, 6.45) is -0.307. The average Bonchev–Trinajstić information content (AvgIpc) is 2.19. The Morgan fingerprint density at radius 3 is 2.62 bits per heavy atom. The van der Waals surface area contributed by atoms with Crippen LogP contribution in [0.2, 0.25) is 0 Å². The summed E-state index contributed by atoms with van der Waals surface area (Å²) in [6, 6.07) is 5.61. The number of anilines is 1. The van der Waals surface area contributed by atoms with E-state index in [9.17, 15) is 9.18 Å². The van der Waals surface area contributed by atoms with Crippen LogP contribution in [0, 0.1) is 5.82 Å². The van der Waals surface area contributed by atoms with Crippen LogP contribution in [0.15, 0.2) is 24.3 Å². The first-order valence-corrected chi connectivity index (χ1v) is 5.09. The van der Waals surface area contributed by atoms with Crippen LogP contribution in [0.3, 0.4) is 0 Å². The smallest absolute Gasteiger partial charge is 0.238 e. The van der Waals surface area contributed by atoms with Crippen molar-refractivity contribution in [2.45, 2.75) is 6.10 Å². The van der Waals surface area contributed by atoms with E-state index in [0.29, 0.717) is 18.8 Å². The van der Waals surface area contributed by atoms with Gasteiger partial charge in [-0.1, -0.05) is 0 Å². The minimum absolute atomic E-state index is 0.154.